The van der Waals surface area contributed by atoms with E-state index in [9.17, 15) is 19.2 Å². The van der Waals surface area contributed by atoms with E-state index in [0.717, 1.165) is 23.2 Å². The number of hydrogen-bond acceptors (Lipinski definition) is 7. The quantitative estimate of drug-likeness (QED) is 0.411. The third-order valence-electron chi connectivity index (χ3n) is 8.85. The standard InChI is InChI=1S/C32H41N7O4S.2H2/c1-32(2,3)12-17-38-29(42)25(44-30(38)22-7-4-5-8-23(22)37-18-14-33-20-27(37)41)19-26(40)36-15-10-21(11-16-36)39-24-9-6-13-34-28(24)35-31(39)43;;/h4-9,13,21,25,30,33H,10-12,14-20H2,1-3H3,(H,34,35,43);2*1H/t25-,30?;;/m0../s1. The molecule has 6 rings (SSSR count). The van der Waals surface area contributed by atoms with E-state index < -0.39 is 5.25 Å². The van der Waals surface area contributed by atoms with Gasteiger partial charge in [-0.2, -0.15) is 0 Å². The molecule has 11 nitrogen and oxygen atoms in total. The molecule has 0 radical (unpaired) electrons. The van der Waals surface area contributed by atoms with Gasteiger partial charge in [0.25, 0.3) is 0 Å². The number of pyridine rings is 1. The summed E-state index contributed by atoms with van der Waals surface area (Å²) in [5.41, 5.74) is 2.97. The van der Waals surface area contributed by atoms with E-state index in [0.29, 0.717) is 57.8 Å². The van der Waals surface area contributed by atoms with Crippen LogP contribution < -0.4 is 15.9 Å². The first kappa shape index (κ1) is 30.4. The number of benzene rings is 1. The topological polar surface area (TPSA) is 124 Å². The minimum absolute atomic E-state index is 0. The zero-order chi connectivity index (χ0) is 31.0. The molecule has 1 aromatic carbocycles. The van der Waals surface area contributed by atoms with Gasteiger partial charge in [0.1, 0.15) is 5.37 Å². The zero-order valence-electron chi connectivity index (χ0n) is 25.6. The van der Waals surface area contributed by atoms with Crippen molar-refractivity contribution in [2.24, 2.45) is 5.41 Å². The summed E-state index contributed by atoms with van der Waals surface area (Å²) >= 11 is 1.52. The third-order valence-corrected chi connectivity index (χ3v) is 10.3. The van der Waals surface area contributed by atoms with Crippen molar-refractivity contribution in [3.63, 3.8) is 0 Å². The number of H-pyrrole nitrogens is 1. The lowest BCUT2D eigenvalue weighted by atomic mass is 9.92. The number of piperazine rings is 1. The van der Waals surface area contributed by atoms with Gasteiger partial charge in [-0.3, -0.25) is 23.9 Å². The Balaban J connectivity index is 0.00000240. The highest BCUT2D eigenvalue weighted by atomic mass is 32.2. The van der Waals surface area contributed by atoms with Crippen LogP contribution in [0, 0.1) is 5.41 Å². The van der Waals surface area contributed by atoms with Crippen molar-refractivity contribution >= 4 is 46.3 Å². The minimum Gasteiger partial charge on any atom is -0.342 e. The number of imidazole rings is 1. The average Bonchev–Trinajstić information content (AvgIpc) is 3.51. The average molecular weight is 624 g/mol. The van der Waals surface area contributed by atoms with E-state index in [1.807, 2.05) is 51.1 Å². The van der Waals surface area contributed by atoms with E-state index in [-0.39, 0.29) is 49.5 Å². The number of anilines is 1. The fourth-order valence-corrected chi connectivity index (χ4v) is 7.94. The van der Waals surface area contributed by atoms with Crippen molar-refractivity contribution in [1.82, 2.24) is 29.7 Å². The number of nitrogens with zero attached hydrogens (tertiary/aromatic N) is 5. The summed E-state index contributed by atoms with van der Waals surface area (Å²) in [5, 5.41) is 2.35. The molecule has 5 heterocycles. The number of amides is 3. The Labute approximate surface area is 264 Å². The highest BCUT2D eigenvalue weighted by Crippen LogP contribution is 2.48. The maximum absolute atomic E-state index is 13.9. The Bertz CT molecular complexity index is 1620. The van der Waals surface area contributed by atoms with Gasteiger partial charge in [-0.15, -0.1) is 11.8 Å². The van der Waals surface area contributed by atoms with E-state index >= 15 is 0 Å². The number of rotatable bonds is 7. The van der Waals surface area contributed by atoms with Crippen molar-refractivity contribution in [3.05, 3.63) is 58.6 Å². The number of carbonyl (C=O) groups is 3. The number of para-hydroxylation sites is 1. The van der Waals surface area contributed by atoms with Crippen LogP contribution in [0.3, 0.4) is 0 Å². The molecular weight excluding hydrogens is 578 g/mol. The van der Waals surface area contributed by atoms with Crippen LogP contribution in [0.4, 0.5) is 5.69 Å². The Morgan fingerprint density at radius 1 is 1.07 bits per heavy atom. The number of piperidine rings is 1. The van der Waals surface area contributed by atoms with Crippen LogP contribution in [0.5, 0.6) is 0 Å². The Kier molecular flexibility index (Phi) is 8.56. The molecule has 12 heteroatoms. The second kappa shape index (κ2) is 12.4. The smallest absolute Gasteiger partial charge is 0.327 e. The summed E-state index contributed by atoms with van der Waals surface area (Å²) in [5.74, 6) is -0.0449. The summed E-state index contributed by atoms with van der Waals surface area (Å²) in [6, 6.07) is 11.5. The molecule has 0 bridgehead atoms. The van der Waals surface area contributed by atoms with Gasteiger partial charge in [0.15, 0.2) is 5.65 Å². The van der Waals surface area contributed by atoms with Crippen molar-refractivity contribution in [2.45, 2.75) is 63.1 Å². The lowest BCUT2D eigenvalue weighted by Gasteiger charge is -2.33. The van der Waals surface area contributed by atoms with E-state index in [1.54, 1.807) is 10.8 Å². The molecule has 3 amide bonds. The van der Waals surface area contributed by atoms with Crippen LogP contribution in [0.1, 0.15) is 66.3 Å². The largest absolute Gasteiger partial charge is 0.342 e. The van der Waals surface area contributed by atoms with Gasteiger partial charge in [-0.1, -0.05) is 39.0 Å². The summed E-state index contributed by atoms with van der Waals surface area (Å²) in [6.07, 6.45) is 3.92. The number of likely N-dealkylation sites (tertiary alicyclic amines) is 1. The minimum atomic E-state index is -0.501. The maximum Gasteiger partial charge on any atom is 0.327 e. The molecule has 238 valence electrons. The van der Waals surface area contributed by atoms with Gasteiger partial charge < -0.3 is 20.0 Å². The van der Waals surface area contributed by atoms with E-state index in [1.165, 1.54) is 11.8 Å². The number of hydrogen-bond donors (Lipinski definition) is 2. The fourth-order valence-electron chi connectivity index (χ4n) is 6.43. The molecule has 3 aromatic rings. The second-order valence-electron chi connectivity index (χ2n) is 13.1. The number of thioether (sulfide) groups is 1. The molecule has 44 heavy (non-hydrogen) atoms. The van der Waals surface area contributed by atoms with Crippen LogP contribution in [0.25, 0.3) is 11.2 Å². The number of aromatic nitrogens is 3. The van der Waals surface area contributed by atoms with Gasteiger partial charge in [-0.05, 0) is 42.9 Å². The molecule has 2 atom stereocenters. The highest BCUT2D eigenvalue weighted by molar-refractivity contribution is 8.01. The molecule has 1 unspecified atom stereocenters. The van der Waals surface area contributed by atoms with Crippen molar-refractivity contribution in [2.75, 3.05) is 44.2 Å². The molecule has 3 fully saturated rings. The van der Waals surface area contributed by atoms with Gasteiger partial charge in [-0.25, -0.2) is 9.78 Å². The van der Waals surface area contributed by atoms with Crippen molar-refractivity contribution in [1.29, 1.82) is 0 Å². The normalized spacial score (nSPS) is 21.9. The lowest BCUT2D eigenvalue weighted by Crippen LogP contribution is -2.48. The number of fused-ring (bicyclic) bond motifs is 1. The Morgan fingerprint density at radius 2 is 1.84 bits per heavy atom. The molecule has 0 aliphatic carbocycles. The Hall–Kier alpha value is -3.64. The maximum atomic E-state index is 13.9. The van der Waals surface area contributed by atoms with Gasteiger partial charge in [0.2, 0.25) is 17.7 Å². The first-order valence-corrected chi connectivity index (χ1v) is 16.4. The fraction of sp³-hybridized carbons (Fsp3) is 0.531. The number of carbonyl (C=O) groups excluding carboxylic acids is 3. The van der Waals surface area contributed by atoms with Gasteiger partial charge >= 0.3 is 5.69 Å². The second-order valence-corrected chi connectivity index (χ2v) is 14.4. The summed E-state index contributed by atoms with van der Waals surface area (Å²) in [4.78, 5) is 65.7. The zero-order valence-corrected chi connectivity index (χ0v) is 26.4. The summed E-state index contributed by atoms with van der Waals surface area (Å²) in [6.45, 7) is 9.69. The Morgan fingerprint density at radius 3 is 2.59 bits per heavy atom. The molecule has 3 saturated heterocycles. The van der Waals surface area contributed by atoms with Crippen LogP contribution in [0.2, 0.25) is 0 Å². The van der Waals surface area contributed by atoms with Crippen molar-refractivity contribution in [3.8, 4) is 0 Å². The third kappa shape index (κ3) is 6.14. The first-order chi connectivity index (χ1) is 21.1. The molecule has 3 aliphatic rings. The molecule has 0 spiro atoms. The number of aromatic amines is 1. The molecule has 2 N–H and O–H groups in total. The predicted octanol–water partition coefficient (Wildman–Crippen LogP) is 3.79. The monoisotopic (exact) mass is 623 g/mol. The first-order valence-electron chi connectivity index (χ1n) is 15.5. The van der Waals surface area contributed by atoms with Crippen LogP contribution >= 0.6 is 11.8 Å². The summed E-state index contributed by atoms with van der Waals surface area (Å²) in [7, 11) is 0. The van der Waals surface area contributed by atoms with Gasteiger partial charge in [0.05, 0.1) is 17.3 Å². The van der Waals surface area contributed by atoms with Crippen molar-refractivity contribution < 1.29 is 17.2 Å². The highest BCUT2D eigenvalue weighted by Gasteiger charge is 2.44. The van der Waals surface area contributed by atoms with Crippen LogP contribution in [-0.2, 0) is 14.4 Å². The number of nitrogens with one attached hydrogen (secondary N) is 2. The van der Waals surface area contributed by atoms with E-state index in [2.05, 4.69) is 36.1 Å². The predicted molar refractivity (Wildman–Crippen MR) is 176 cm³/mol. The molecular formula is C32H45N7O4S. The molecule has 0 saturated carbocycles. The summed E-state index contributed by atoms with van der Waals surface area (Å²) < 4.78 is 1.76. The molecule has 3 aliphatic heterocycles. The van der Waals surface area contributed by atoms with E-state index in [4.69, 9.17) is 0 Å². The van der Waals surface area contributed by atoms with Crippen LogP contribution in [-0.4, -0.2) is 86.6 Å². The van der Waals surface area contributed by atoms with Crippen LogP contribution in [0.15, 0.2) is 47.4 Å². The SMILES string of the molecule is CC(C)(C)CCN1C(=O)[C@H](CC(=O)N2CCC(n3c(=O)[nH]c4ncccc43)CC2)SC1c1ccccc1N1CCNCC1=O.[HH].[HH]. The molecule has 2 aromatic heterocycles. The lowest BCUT2D eigenvalue weighted by molar-refractivity contribution is -0.136. The van der Waals surface area contributed by atoms with Gasteiger partial charge in [0, 0.05) is 65.5 Å².